The van der Waals surface area contributed by atoms with Crippen LogP contribution in [-0.4, -0.2) is 26.7 Å². The van der Waals surface area contributed by atoms with E-state index in [1.54, 1.807) is 32.4 Å². The first-order chi connectivity index (χ1) is 14.9. The number of carbonyl (C=O) groups is 1. The average molecular weight is 419 g/mol. The van der Waals surface area contributed by atoms with Gasteiger partial charge < -0.3 is 20.1 Å². The van der Waals surface area contributed by atoms with Crippen molar-refractivity contribution >= 4 is 11.6 Å². The monoisotopic (exact) mass is 418 g/mol. The number of hydrogen-bond acceptors (Lipinski definition) is 4. The van der Waals surface area contributed by atoms with Gasteiger partial charge in [0.1, 0.15) is 0 Å². The summed E-state index contributed by atoms with van der Waals surface area (Å²) in [6.07, 6.45) is 0. The molecule has 0 radical (unpaired) electrons. The molecule has 0 aromatic heterocycles. The molecule has 31 heavy (non-hydrogen) atoms. The fourth-order valence-electron chi connectivity index (χ4n) is 3.40. The molecule has 0 atom stereocenters. The van der Waals surface area contributed by atoms with Gasteiger partial charge in [-0.25, -0.2) is 0 Å². The number of anilines is 1. The molecule has 0 fully saturated rings. The van der Waals surface area contributed by atoms with Crippen LogP contribution in [0.1, 0.15) is 35.3 Å². The molecule has 162 valence electrons. The normalized spacial score (nSPS) is 11.1. The zero-order valence-corrected chi connectivity index (χ0v) is 18.6. The smallest absolute Gasteiger partial charge is 0.255 e. The van der Waals surface area contributed by atoms with Crippen LogP contribution in [0, 0.1) is 0 Å². The van der Waals surface area contributed by atoms with E-state index in [1.807, 2.05) is 18.2 Å². The molecular formula is C26H30N2O3. The zero-order chi connectivity index (χ0) is 22.3. The molecule has 3 aromatic rings. The number of rotatable bonds is 9. The molecule has 0 saturated carbocycles. The molecule has 0 aliphatic carbocycles. The molecule has 0 aliphatic rings. The van der Waals surface area contributed by atoms with Gasteiger partial charge in [0.05, 0.1) is 14.2 Å². The van der Waals surface area contributed by atoms with E-state index in [1.165, 1.54) is 11.1 Å². The summed E-state index contributed by atoms with van der Waals surface area (Å²) in [6.45, 7) is 6.10. The third kappa shape index (κ3) is 5.86. The minimum absolute atomic E-state index is 0.0410. The molecular weight excluding hydrogens is 388 g/mol. The van der Waals surface area contributed by atoms with E-state index in [9.17, 15) is 4.79 Å². The summed E-state index contributed by atoms with van der Waals surface area (Å²) < 4.78 is 10.5. The average Bonchev–Trinajstić information content (AvgIpc) is 2.79. The van der Waals surface area contributed by atoms with Gasteiger partial charge in [0, 0.05) is 29.8 Å². The molecule has 0 unspecified atom stereocenters. The maximum absolute atomic E-state index is 12.6. The van der Waals surface area contributed by atoms with Crippen molar-refractivity contribution in [1.82, 2.24) is 5.32 Å². The van der Waals surface area contributed by atoms with E-state index < -0.39 is 0 Å². The largest absolute Gasteiger partial charge is 0.493 e. The van der Waals surface area contributed by atoms with Crippen LogP contribution in [0.25, 0.3) is 0 Å². The SMILES string of the molecule is COc1ccc(C(=O)Nc2ccc(C(C)(C)CNCc3ccccc3)cc2)cc1OC. The van der Waals surface area contributed by atoms with Crippen LogP contribution in [-0.2, 0) is 12.0 Å². The standard InChI is InChI=1S/C26H30N2O3/c1-26(2,18-27-17-19-8-6-5-7-9-19)21-11-13-22(14-12-21)28-25(29)20-10-15-23(30-3)24(16-20)31-4/h5-16,27H,17-18H2,1-4H3,(H,28,29). The first kappa shape index (κ1) is 22.4. The second-order valence-corrected chi connectivity index (χ2v) is 8.07. The van der Waals surface area contributed by atoms with Gasteiger partial charge in [0.25, 0.3) is 5.91 Å². The predicted molar refractivity (Wildman–Crippen MR) is 125 cm³/mol. The minimum Gasteiger partial charge on any atom is -0.493 e. The Hall–Kier alpha value is -3.31. The second-order valence-electron chi connectivity index (χ2n) is 8.07. The lowest BCUT2D eigenvalue weighted by Gasteiger charge is -2.26. The van der Waals surface area contributed by atoms with Crippen LogP contribution in [0.5, 0.6) is 11.5 Å². The van der Waals surface area contributed by atoms with Crippen LogP contribution in [0.3, 0.4) is 0 Å². The van der Waals surface area contributed by atoms with E-state index >= 15 is 0 Å². The van der Waals surface area contributed by atoms with Crippen molar-refractivity contribution in [3.05, 3.63) is 89.5 Å². The van der Waals surface area contributed by atoms with Gasteiger partial charge in [-0.15, -0.1) is 0 Å². The maximum atomic E-state index is 12.6. The molecule has 2 N–H and O–H groups in total. The van der Waals surface area contributed by atoms with E-state index in [2.05, 4.69) is 60.9 Å². The van der Waals surface area contributed by atoms with Crippen LogP contribution in [0.15, 0.2) is 72.8 Å². The summed E-state index contributed by atoms with van der Waals surface area (Å²) in [4.78, 5) is 12.6. The quantitative estimate of drug-likeness (QED) is 0.512. The zero-order valence-electron chi connectivity index (χ0n) is 18.6. The molecule has 0 aliphatic heterocycles. The maximum Gasteiger partial charge on any atom is 0.255 e. The Morgan fingerprint density at radius 1 is 0.871 bits per heavy atom. The summed E-state index contributed by atoms with van der Waals surface area (Å²) in [5, 5.41) is 6.48. The fraction of sp³-hybridized carbons (Fsp3) is 0.269. The van der Waals surface area contributed by atoms with Gasteiger partial charge in [-0.1, -0.05) is 56.3 Å². The van der Waals surface area contributed by atoms with Crippen LogP contribution >= 0.6 is 0 Å². The Kier molecular flexibility index (Phi) is 7.32. The third-order valence-corrected chi connectivity index (χ3v) is 5.31. The molecule has 0 bridgehead atoms. The highest BCUT2D eigenvalue weighted by atomic mass is 16.5. The van der Waals surface area contributed by atoms with Gasteiger partial charge in [-0.3, -0.25) is 4.79 Å². The Morgan fingerprint density at radius 3 is 2.19 bits per heavy atom. The highest BCUT2D eigenvalue weighted by molar-refractivity contribution is 6.04. The first-order valence-corrected chi connectivity index (χ1v) is 10.3. The van der Waals surface area contributed by atoms with Gasteiger partial charge in [-0.2, -0.15) is 0 Å². The van der Waals surface area contributed by atoms with Gasteiger partial charge >= 0.3 is 0 Å². The third-order valence-electron chi connectivity index (χ3n) is 5.31. The van der Waals surface area contributed by atoms with E-state index in [0.29, 0.717) is 17.1 Å². The Balaban J connectivity index is 1.60. The highest BCUT2D eigenvalue weighted by Crippen LogP contribution is 2.28. The molecule has 0 saturated heterocycles. The lowest BCUT2D eigenvalue weighted by molar-refractivity contribution is 0.102. The number of hydrogen-bond donors (Lipinski definition) is 2. The number of ether oxygens (including phenoxy) is 2. The van der Waals surface area contributed by atoms with E-state index in [-0.39, 0.29) is 11.3 Å². The predicted octanol–water partition coefficient (Wildman–Crippen LogP) is 5.02. The van der Waals surface area contributed by atoms with Crippen molar-refractivity contribution in [1.29, 1.82) is 0 Å². The summed E-state index contributed by atoms with van der Waals surface area (Å²) in [7, 11) is 3.12. The van der Waals surface area contributed by atoms with Crippen molar-refractivity contribution in [3.63, 3.8) is 0 Å². The van der Waals surface area contributed by atoms with Gasteiger partial charge in [0.2, 0.25) is 0 Å². The Labute approximate surface area is 184 Å². The summed E-state index contributed by atoms with van der Waals surface area (Å²) in [6, 6.07) is 23.5. The molecule has 5 nitrogen and oxygen atoms in total. The molecule has 3 aromatic carbocycles. The van der Waals surface area contributed by atoms with Gasteiger partial charge in [0.15, 0.2) is 11.5 Å². The molecule has 5 heteroatoms. The van der Waals surface area contributed by atoms with Crippen molar-refractivity contribution < 1.29 is 14.3 Å². The lowest BCUT2D eigenvalue weighted by Crippen LogP contribution is -2.32. The first-order valence-electron chi connectivity index (χ1n) is 10.3. The molecule has 3 rings (SSSR count). The molecule has 1 amide bonds. The summed E-state index contributed by atoms with van der Waals surface area (Å²) in [5.74, 6) is 0.916. The van der Waals surface area contributed by atoms with E-state index in [4.69, 9.17) is 9.47 Å². The topological polar surface area (TPSA) is 59.6 Å². The van der Waals surface area contributed by atoms with Crippen molar-refractivity contribution in [2.45, 2.75) is 25.8 Å². The Bertz CT molecular complexity index is 999. The van der Waals surface area contributed by atoms with Crippen molar-refractivity contribution in [2.24, 2.45) is 0 Å². The van der Waals surface area contributed by atoms with Crippen molar-refractivity contribution in [3.8, 4) is 11.5 Å². The van der Waals surface area contributed by atoms with Crippen molar-refractivity contribution in [2.75, 3.05) is 26.1 Å². The second kappa shape index (κ2) is 10.1. The number of benzene rings is 3. The summed E-state index contributed by atoms with van der Waals surface area (Å²) in [5.41, 5.74) is 3.69. The number of methoxy groups -OCH3 is 2. The highest BCUT2D eigenvalue weighted by Gasteiger charge is 2.20. The van der Waals surface area contributed by atoms with Crippen LogP contribution in [0.2, 0.25) is 0 Å². The van der Waals surface area contributed by atoms with Gasteiger partial charge in [-0.05, 0) is 41.5 Å². The Morgan fingerprint density at radius 2 is 1.55 bits per heavy atom. The number of amides is 1. The summed E-state index contributed by atoms with van der Waals surface area (Å²) >= 11 is 0. The van der Waals surface area contributed by atoms with Crippen LogP contribution in [0.4, 0.5) is 5.69 Å². The number of nitrogens with one attached hydrogen (secondary N) is 2. The molecule has 0 heterocycles. The number of carbonyl (C=O) groups excluding carboxylic acids is 1. The fourth-order valence-corrected chi connectivity index (χ4v) is 3.40. The van der Waals surface area contributed by atoms with E-state index in [0.717, 1.165) is 18.8 Å². The minimum atomic E-state index is -0.197. The molecule has 0 spiro atoms. The van der Waals surface area contributed by atoms with Crippen LogP contribution < -0.4 is 20.1 Å². The lowest BCUT2D eigenvalue weighted by atomic mass is 9.84.